The summed E-state index contributed by atoms with van der Waals surface area (Å²) in [5.41, 5.74) is 8.33. The molecule has 4 rings (SSSR count). The van der Waals surface area contributed by atoms with Crippen LogP contribution in [0.3, 0.4) is 0 Å². The van der Waals surface area contributed by atoms with Crippen LogP contribution in [0.15, 0.2) is 65.1 Å². The number of nitrogens with zero attached hydrogens (tertiary/aromatic N) is 3. The van der Waals surface area contributed by atoms with Crippen LogP contribution in [0.4, 0.5) is 0 Å². The predicted molar refractivity (Wildman–Crippen MR) is 96.2 cm³/mol. The van der Waals surface area contributed by atoms with Gasteiger partial charge < -0.3 is 15.2 Å². The maximum absolute atomic E-state index is 10.8. The third-order valence-electron chi connectivity index (χ3n) is 3.91. The van der Waals surface area contributed by atoms with E-state index in [9.17, 15) is 10.4 Å². The van der Waals surface area contributed by atoms with Crippen LogP contribution in [-0.2, 0) is 0 Å². The Morgan fingerprint density at radius 3 is 2.52 bits per heavy atom. The van der Waals surface area contributed by atoms with Crippen LogP contribution < -0.4 is 15.6 Å². The molecule has 8 nitrogen and oxygen atoms in total. The van der Waals surface area contributed by atoms with E-state index in [-0.39, 0.29) is 11.1 Å². The number of hydrazone groups is 1. The number of benzene rings is 1. The van der Waals surface area contributed by atoms with Crippen LogP contribution >= 0.6 is 11.8 Å². The van der Waals surface area contributed by atoms with Gasteiger partial charge in [-0.05, 0) is 29.8 Å². The van der Waals surface area contributed by atoms with Crippen molar-refractivity contribution in [1.82, 2.24) is 15.9 Å². The van der Waals surface area contributed by atoms with Gasteiger partial charge in [0, 0.05) is 17.7 Å². The molecule has 3 aliphatic rings. The summed E-state index contributed by atoms with van der Waals surface area (Å²) in [6.07, 6.45) is 6.36. The molecule has 2 aliphatic heterocycles. The van der Waals surface area contributed by atoms with E-state index in [1.165, 1.54) is 12.2 Å². The molecule has 2 N–H and O–H groups in total. The van der Waals surface area contributed by atoms with Gasteiger partial charge in [-0.2, -0.15) is 4.90 Å². The molecule has 0 amide bonds. The number of thioether (sulfide) groups is 1. The van der Waals surface area contributed by atoms with Crippen molar-refractivity contribution < 1.29 is 9.64 Å². The summed E-state index contributed by atoms with van der Waals surface area (Å²) in [7, 11) is 1.64. The molecule has 0 saturated carbocycles. The Morgan fingerprint density at radius 1 is 1.16 bits per heavy atom. The number of hydrogen-bond donors (Lipinski definition) is 2. The number of hydrazine groups is 1. The molecule has 1 fully saturated rings. The average molecular weight is 356 g/mol. The fraction of sp³-hybridized carbons (Fsp3) is 0.125. The number of allylic oxidation sites excluding steroid dienone is 5. The monoisotopic (exact) mass is 356 g/mol. The van der Waals surface area contributed by atoms with E-state index in [0.29, 0.717) is 0 Å². The number of methoxy groups -OCH3 is 1. The Kier molecular flexibility index (Phi) is 3.86. The van der Waals surface area contributed by atoms with Crippen molar-refractivity contribution in [3.8, 4) is 5.75 Å². The Bertz CT molecular complexity index is 835. The summed E-state index contributed by atoms with van der Waals surface area (Å²) >= 11 is 1.59. The third-order valence-corrected chi connectivity index (χ3v) is 5.01. The Morgan fingerprint density at radius 2 is 1.88 bits per heavy atom. The third kappa shape index (κ3) is 2.83. The molecule has 128 valence electrons. The highest BCUT2D eigenvalue weighted by atomic mass is 32.2. The lowest BCUT2D eigenvalue weighted by Gasteiger charge is -2.18. The quantitative estimate of drug-likeness (QED) is 0.617. The number of amidine groups is 1. The summed E-state index contributed by atoms with van der Waals surface area (Å²) in [4.78, 5) is -0.415. The maximum atomic E-state index is 10.8. The predicted octanol–water partition coefficient (Wildman–Crippen LogP) is 1.91. The highest BCUT2D eigenvalue weighted by Crippen LogP contribution is 2.38. The fourth-order valence-electron chi connectivity index (χ4n) is 2.60. The highest BCUT2D eigenvalue weighted by molar-refractivity contribution is 8.14. The van der Waals surface area contributed by atoms with Crippen molar-refractivity contribution in [3.63, 3.8) is 0 Å². The molecule has 1 aromatic carbocycles. The second kappa shape index (κ2) is 6.19. The first kappa shape index (κ1) is 15.6. The van der Waals surface area contributed by atoms with Gasteiger partial charge in [0.1, 0.15) is 11.1 Å². The first-order chi connectivity index (χ1) is 12.2. The molecule has 0 unspecified atom stereocenters. The molecular formula is C16H14N5O3S-. The first-order valence-electron chi connectivity index (χ1n) is 7.48. The molecule has 0 spiro atoms. The Hall–Kier alpha value is -2.91. The molecule has 1 saturated heterocycles. The van der Waals surface area contributed by atoms with E-state index in [2.05, 4.69) is 16.0 Å². The van der Waals surface area contributed by atoms with Gasteiger partial charge in [-0.1, -0.05) is 23.9 Å². The average Bonchev–Trinajstić information content (AvgIpc) is 3.22. The lowest BCUT2D eigenvalue weighted by molar-refractivity contribution is -0.377. The zero-order chi connectivity index (χ0) is 17.4. The normalized spacial score (nSPS) is 21.3. The van der Waals surface area contributed by atoms with E-state index in [0.717, 1.165) is 27.9 Å². The molecule has 0 radical (unpaired) electrons. The van der Waals surface area contributed by atoms with Gasteiger partial charge in [-0.3, -0.25) is 5.43 Å². The van der Waals surface area contributed by atoms with Crippen LogP contribution in [0, 0.1) is 10.4 Å². The second-order valence-corrected chi connectivity index (χ2v) is 6.47. The summed E-state index contributed by atoms with van der Waals surface area (Å²) in [6.45, 7) is 0. The van der Waals surface area contributed by atoms with E-state index in [1.807, 2.05) is 29.3 Å². The van der Waals surface area contributed by atoms with Gasteiger partial charge in [0.2, 0.25) is 10.9 Å². The van der Waals surface area contributed by atoms with Crippen LogP contribution in [-0.4, -0.2) is 27.9 Å². The smallest absolute Gasteiger partial charge is 0.222 e. The summed E-state index contributed by atoms with van der Waals surface area (Å²) in [6, 6.07) is 7.85. The van der Waals surface area contributed by atoms with Gasteiger partial charge in [-0.15, -0.1) is 5.10 Å². The van der Waals surface area contributed by atoms with Crippen LogP contribution in [0.25, 0.3) is 0 Å². The molecule has 0 aromatic heterocycles. The summed E-state index contributed by atoms with van der Waals surface area (Å²) in [5.74, 6) is 1.55. The van der Waals surface area contributed by atoms with E-state index < -0.39 is 4.90 Å². The SMILES string of the molecule is COc1ccc([C@@H]2NN3C(=NNC3=C3C=CC(=[N+]([O-])[O-])C=C3)S2)cc1. The van der Waals surface area contributed by atoms with E-state index in [1.54, 1.807) is 31.0 Å². The van der Waals surface area contributed by atoms with Gasteiger partial charge >= 0.3 is 0 Å². The molecule has 1 aromatic rings. The van der Waals surface area contributed by atoms with Crippen molar-refractivity contribution in [1.29, 1.82) is 0 Å². The molecule has 2 heterocycles. The highest BCUT2D eigenvalue weighted by Gasteiger charge is 2.36. The van der Waals surface area contributed by atoms with Crippen molar-refractivity contribution in [2.24, 2.45) is 5.10 Å². The molecule has 1 atom stereocenters. The van der Waals surface area contributed by atoms with Crippen LogP contribution in [0.1, 0.15) is 10.9 Å². The van der Waals surface area contributed by atoms with Crippen LogP contribution in [0.2, 0.25) is 0 Å². The Labute approximate surface area is 148 Å². The van der Waals surface area contributed by atoms with Crippen molar-refractivity contribution in [2.45, 2.75) is 5.37 Å². The zero-order valence-electron chi connectivity index (χ0n) is 13.2. The first-order valence-corrected chi connectivity index (χ1v) is 8.36. The minimum atomic E-state index is -0.415. The van der Waals surface area contributed by atoms with Crippen molar-refractivity contribution >= 4 is 22.6 Å². The minimum Gasteiger partial charge on any atom is -0.612 e. The number of fused-ring (bicyclic) bond motifs is 1. The Balaban J connectivity index is 1.55. The zero-order valence-corrected chi connectivity index (χ0v) is 14.0. The topological polar surface area (TPSA) is 98.0 Å². The van der Waals surface area contributed by atoms with Crippen molar-refractivity contribution in [2.75, 3.05) is 7.11 Å². The minimum absolute atomic E-state index is 0.0276. The fourth-order valence-corrected chi connectivity index (χ4v) is 3.61. The van der Waals surface area contributed by atoms with Crippen molar-refractivity contribution in [3.05, 3.63) is 75.9 Å². The van der Waals surface area contributed by atoms with Gasteiger partial charge in [0.15, 0.2) is 5.82 Å². The van der Waals surface area contributed by atoms with E-state index in [4.69, 9.17) is 4.74 Å². The molecular weight excluding hydrogens is 342 g/mol. The van der Waals surface area contributed by atoms with Crippen LogP contribution in [0.5, 0.6) is 5.75 Å². The molecule has 0 bridgehead atoms. The molecule has 1 aliphatic carbocycles. The number of ether oxygens (including phenoxy) is 1. The number of nitrogens with one attached hydrogen (secondary N) is 2. The van der Waals surface area contributed by atoms with E-state index >= 15 is 0 Å². The van der Waals surface area contributed by atoms with Gasteiger partial charge in [0.25, 0.3) is 0 Å². The standard InChI is InChI=1S/C16H14N5O3S/c1-24-13-8-4-11(5-9-13)15-19-20-14(17-18-16(20)25-15)10-2-6-12(7-3-10)21(22)23/h2-9,15,17,19H,1H3/q-1/t15-/m1/s1. The summed E-state index contributed by atoms with van der Waals surface area (Å²) < 4.78 is 5.18. The number of hydrogen-bond acceptors (Lipinski definition) is 8. The molecule has 9 heteroatoms. The second-order valence-electron chi connectivity index (χ2n) is 5.39. The van der Waals surface area contributed by atoms with Gasteiger partial charge in [0.05, 0.1) is 7.11 Å². The van der Waals surface area contributed by atoms with Gasteiger partial charge in [-0.25, -0.2) is 10.4 Å². The lowest BCUT2D eigenvalue weighted by Crippen LogP contribution is -2.34. The largest absolute Gasteiger partial charge is 0.612 e. The number of rotatable bonds is 2. The molecule has 25 heavy (non-hydrogen) atoms. The summed E-state index contributed by atoms with van der Waals surface area (Å²) in [5, 5.41) is 28.6. The lowest BCUT2D eigenvalue weighted by atomic mass is 10.1. The maximum Gasteiger partial charge on any atom is 0.222 e.